The van der Waals surface area contributed by atoms with E-state index in [1.807, 2.05) is 0 Å². The highest BCUT2D eigenvalue weighted by molar-refractivity contribution is 7.01. The minimum absolute atomic E-state index is 0.0646. The van der Waals surface area contributed by atoms with Crippen LogP contribution in [0.15, 0.2) is 364 Å². The molecule has 147 heavy (non-hydrogen) atoms. The van der Waals surface area contributed by atoms with Gasteiger partial charge in [0.15, 0.2) is 0 Å². The van der Waals surface area contributed by atoms with Crippen LogP contribution in [0.25, 0.3) is 44.5 Å². The quantitative estimate of drug-likeness (QED) is 0.0843. The zero-order valence-electron chi connectivity index (χ0n) is 91.1. The molecule has 6 aliphatic rings. The molecule has 0 saturated carbocycles. The number of aryl methyl sites for hydroxylation is 2. The van der Waals surface area contributed by atoms with Crippen molar-refractivity contribution in [3.63, 3.8) is 0 Å². The lowest BCUT2D eigenvalue weighted by Gasteiger charge is -2.48. The lowest BCUT2D eigenvalue weighted by Crippen LogP contribution is -2.62. The summed E-state index contributed by atoms with van der Waals surface area (Å²) in [5.41, 5.74) is 50.8. The van der Waals surface area contributed by atoms with E-state index in [1.54, 1.807) is 0 Å². The first kappa shape index (κ1) is 96.5. The Kier molecular flexibility index (Phi) is 22.9. The van der Waals surface area contributed by atoms with E-state index in [4.69, 9.17) is 0 Å². The van der Waals surface area contributed by atoms with Crippen LogP contribution in [0.5, 0.6) is 0 Å². The molecule has 0 saturated heterocycles. The van der Waals surface area contributed by atoms with Crippen LogP contribution in [-0.4, -0.2) is 13.4 Å². The largest absolute Gasteiger partial charge is 0.311 e. The topological polar surface area (TPSA) is 13.0 Å². The second-order valence-electron chi connectivity index (χ2n) is 50.9. The van der Waals surface area contributed by atoms with Crippen molar-refractivity contribution in [1.29, 1.82) is 0 Å². The van der Waals surface area contributed by atoms with Crippen molar-refractivity contribution in [1.82, 2.24) is 0 Å². The summed E-state index contributed by atoms with van der Waals surface area (Å²) < 4.78 is 0. The molecule has 0 aromatic heterocycles. The molecule has 0 spiro atoms. The van der Waals surface area contributed by atoms with Crippen LogP contribution in [0.4, 0.5) is 68.2 Å². The second-order valence-corrected chi connectivity index (χ2v) is 50.9. The highest BCUT2D eigenvalue weighted by atomic mass is 15.2. The minimum atomic E-state index is -0.496. The summed E-state index contributed by atoms with van der Waals surface area (Å²) in [7, 11) is 0. The highest BCUT2D eigenvalue weighted by Gasteiger charge is 2.52. The fraction of sp³-hybridized carbons (Fsp3) is 0.277. The maximum Gasteiger partial charge on any atom is 0.252 e. The monoisotopic (exact) mass is 1910 g/mol. The van der Waals surface area contributed by atoms with E-state index in [-0.39, 0.29) is 56.7 Å². The Morgan fingerprint density at radius 2 is 0.592 bits per heavy atom. The molecule has 23 rings (SSSR count). The Bertz CT molecular complexity index is 8030. The van der Waals surface area contributed by atoms with Crippen LogP contribution in [0.3, 0.4) is 0 Å². The van der Waals surface area contributed by atoms with Crippen molar-refractivity contribution in [2.75, 3.05) is 19.6 Å². The third kappa shape index (κ3) is 16.1. The molecule has 4 heterocycles. The number of hydrogen-bond donors (Lipinski definition) is 0. The van der Waals surface area contributed by atoms with Crippen molar-refractivity contribution < 1.29 is 0 Å². The Morgan fingerprint density at radius 1 is 0.238 bits per heavy atom. The van der Waals surface area contributed by atoms with Gasteiger partial charge in [0.1, 0.15) is 0 Å². The number of fused-ring (bicyclic) bond motifs is 10. The van der Waals surface area contributed by atoms with Crippen molar-refractivity contribution >= 4 is 114 Å². The van der Waals surface area contributed by atoms with E-state index in [0.717, 1.165) is 43.5 Å². The van der Waals surface area contributed by atoms with Crippen LogP contribution in [-0.2, 0) is 60.6 Å². The van der Waals surface area contributed by atoms with Crippen LogP contribution < -0.4 is 52.4 Å². The van der Waals surface area contributed by atoms with Crippen LogP contribution >= 0.6 is 0 Å². The molecule has 4 nitrogen and oxygen atoms in total. The first-order chi connectivity index (χ1) is 70.0. The van der Waals surface area contributed by atoms with Gasteiger partial charge >= 0.3 is 0 Å². The van der Waals surface area contributed by atoms with Gasteiger partial charge in [-0.25, -0.2) is 0 Å². The minimum Gasteiger partial charge on any atom is -0.311 e. The van der Waals surface area contributed by atoms with Crippen molar-refractivity contribution in [2.24, 2.45) is 0 Å². The van der Waals surface area contributed by atoms with Gasteiger partial charge in [-0.3, -0.25) is 0 Å². The fourth-order valence-electron chi connectivity index (χ4n) is 26.4. The summed E-state index contributed by atoms with van der Waals surface area (Å²) >= 11 is 0. The van der Waals surface area contributed by atoms with Gasteiger partial charge in [0.2, 0.25) is 0 Å². The summed E-state index contributed by atoms with van der Waals surface area (Å²) in [4.78, 5) is 11.0. The molecule has 0 atom stereocenters. The van der Waals surface area contributed by atoms with Crippen molar-refractivity contribution in [2.45, 2.75) is 252 Å². The zero-order chi connectivity index (χ0) is 103. The molecule has 17 aromatic rings. The molecule has 0 unspecified atom stereocenters. The molecule has 6 heteroatoms. The smallest absolute Gasteiger partial charge is 0.252 e. The summed E-state index contributed by atoms with van der Waals surface area (Å²) in [5, 5.41) is 0. The summed E-state index contributed by atoms with van der Waals surface area (Å²) in [5.74, 6) is 0. The maximum absolute atomic E-state index is 2.80. The van der Waals surface area contributed by atoms with Gasteiger partial charge in [0.05, 0.1) is 11.4 Å². The Labute approximate surface area is 877 Å². The Morgan fingerprint density at radius 3 is 1.03 bits per heavy atom. The highest BCUT2D eigenvalue weighted by Crippen LogP contribution is 2.60. The summed E-state index contributed by atoms with van der Waals surface area (Å²) in [6.45, 7) is 58.6. The van der Waals surface area contributed by atoms with Gasteiger partial charge in [-0.1, -0.05) is 419 Å². The molecule has 0 radical (unpaired) electrons. The molecule has 0 fully saturated rings. The molecule has 4 aliphatic heterocycles. The van der Waals surface area contributed by atoms with E-state index in [2.05, 4.69) is 550 Å². The van der Waals surface area contributed by atoms with Crippen LogP contribution in [0, 0.1) is 13.8 Å². The molecular formula is C141H142B2N4. The lowest BCUT2D eigenvalue weighted by molar-refractivity contribution is 0.332. The van der Waals surface area contributed by atoms with Crippen LogP contribution in [0.2, 0.25) is 0 Å². The van der Waals surface area contributed by atoms with Crippen molar-refractivity contribution in [3.8, 4) is 44.5 Å². The molecule has 0 bridgehead atoms. The SMILES string of the molecule is Cc1cc2c3c(c1)N(c1cc(-c4ccccc4)c(C(C)(C)C)cc1-c1ccccc1)c1cc4c(cc1B3c1ccc(C(C)(C)C)cc1N2c1ccc(CC(C)(C)c2cc(-c3ccccc3)c(N3c5cc6c(cc5B5c7ccc(C(C)(C)c8ccccc8)cc7N(c7cccc(C(C)(C)c8ccccc8)c7)c7cc(C)cc3c75)C(C)(C)CCC6(C)C)c(-c3ccccc3)c2)c(C(C)(C)c2ccccc2)c1)C(C)(C)CCC4(C)C. The van der Waals surface area contributed by atoms with E-state index in [1.165, 1.54) is 223 Å². The first-order valence-corrected chi connectivity index (χ1v) is 54.1. The standard InChI is InChI=1S/C141H142B2N4/c1-90-73-125-129-127(75-90)146(120-84-106(92-47-32-25-33-48-92)111(133(6,7)8)83-107(120)93-49-34-26-35-50-93)123-87-114-112(134(9,10)69-71-136(114,13)14)85-118(123)142(129)116-67-64-100(132(3,4)5)80-121(116)145(125)105-66-63-96(110(82-105)141(23,24)99-59-44-31-45-60-99)89-138(17,18)103-78-108(94-51-36-27-37-52-94)131(109(79-103)95-53-38-28-39-54-95)147-124-88-115-113(135(11,12)70-72-137(115,15)16)86-119(124)143-117-68-65-102(140(21,22)98-57-42-30-43-58-98)81-122(117)144(126-74-91(2)76-128(147)130(126)143)104-62-46-61-101(77-104)139(19,20)97-55-40-29-41-56-97/h25-68,73-88H,69-72,89H2,1-24H3. The molecule has 732 valence electrons. The third-order valence-electron chi connectivity index (χ3n) is 35.6. The lowest BCUT2D eigenvalue weighted by atomic mass is 9.33. The van der Waals surface area contributed by atoms with E-state index >= 15 is 0 Å². The molecule has 0 N–H and O–H groups in total. The number of anilines is 12. The van der Waals surface area contributed by atoms with Gasteiger partial charge in [-0.15, -0.1) is 0 Å². The predicted molar refractivity (Wildman–Crippen MR) is 633 cm³/mol. The van der Waals surface area contributed by atoms with Crippen LogP contribution in [0.1, 0.15) is 267 Å². The van der Waals surface area contributed by atoms with E-state index in [0.29, 0.717) is 0 Å². The fourth-order valence-corrected chi connectivity index (χ4v) is 26.4. The zero-order valence-corrected chi connectivity index (χ0v) is 91.1. The normalized spacial score (nSPS) is 15.7. The number of rotatable bonds is 17. The number of hydrogen-bond acceptors (Lipinski definition) is 4. The third-order valence-corrected chi connectivity index (χ3v) is 35.6. The number of benzene rings is 17. The molecule has 2 aliphatic carbocycles. The molecule has 17 aromatic carbocycles. The first-order valence-electron chi connectivity index (χ1n) is 54.1. The second kappa shape index (κ2) is 34.9. The van der Waals surface area contributed by atoms with Gasteiger partial charge in [-0.2, -0.15) is 0 Å². The van der Waals surface area contributed by atoms with E-state index < -0.39 is 10.8 Å². The average Bonchev–Trinajstić information content (AvgIpc) is 0.725. The van der Waals surface area contributed by atoms with Gasteiger partial charge in [0, 0.05) is 89.8 Å². The maximum atomic E-state index is 2.80. The molecule has 0 amide bonds. The summed E-state index contributed by atoms with van der Waals surface area (Å²) in [6, 6.07) is 143. The Balaban J connectivity index is 0.745. The molecular weight excluding hydrogens is 1770 g/mol. The summed E-state index contributed by atoms with van der Waals surface area (Å²) in [6.07, 6.45) is 5.14. The Hall–Kier alpha value is -13.9. The van der Waals surface area contributed by atoms with Crippen molar-refractivity contribution in [3.05, 3.63) is 453 Å². The van der Waals surface area contributed by atoms with E-state index in [9.17, 15) is 0 Å². The van der Waals surface area contributed by atoms with Gasteiger partial charge in [0.25, 0.3) is 13.4 Å². The average molecular weight is 1910 g/mol. The number of nitrogens with zero attached hydrogens (tertiary/aromatic N) is 4. The van der Waals surface area contributed by atoms with Gasteiger partial charge in [-0.05, 0) is 331 Å². The predicted octanol–water partition coefficient (Wildman–Crippen LogP) is 33.9. The van der Waals surface area contributed by atoms with Gasteiger partial charge < -0.3 is 19.6 Å².